The van der Waals surface area contributed by atoms with Gasteiger partial charge in [0.15, 0.2) is 5.78 Å². The molecule has 0 aliphatic carbocycles. The molecule has 0 saturated carbocycles. The normalized spacial score (nSPS) is 10.1. The first-order valence-corrected chi connectivity index (χ1v) is 5.41. The summed E-state index contributed by atoms with van der Waals surface area (Å²) in [6, 6.07) is 3.64. The van der Waals surface area contributed by atoms with Crippen molar-refractivity contribution in [3.05, 3.63) is 27.7 Å². The van der Waals surface area contributed by atoms with Gasteiger partial charge in [0.1, 0.15) is 5.75 Å². The molecule has 4 heteroatoms. The largest absolute Gasteiger partial charge is 0.497 e. The second-order valence-corrected chi connectivity index (χ2v) is 4.05. The van der Waals surface area contributed by atoms with Crippen LogP contribution in [0.2, 0.25) is 0 Å². The van der Waals surface area contributed by atoms with Crippen LogP contribution in [0.5, 0.6) is 5.75 Å². The third kappa shape index (κ3) is 2.79. The first kappa shape index (κ1) is 12.2. The standard InChI is InChI=1S/C11H14BrNO2/c1-7-4-8(15-3)5-9(11(7)12)10(14)6-13-2/h4-5,13H,6H2,1-3H3. The molecule has 0 amide bonds. The van der Waals surface area contributed by atoms with Crippen LogP contribution in [0.4, 0.5) is 0 Å². The molecule has 3 nitrogen and oxygen atoms in total. The summed E-state index contributed by atoms with van der Waals surface area (Å²) >= 11 is 3.41. The lowest BCUT2D eigenvalue weighted by atomic mass is 10.1. The van der Waals surface area contributed by atoms with Gasteiger partial charge in [0.2, 0.25) is 0 Å². The van der Waals surface area contributed by atoms with E-state index >= 15 is 0 Å². The van der Waals surface area contributed by atoms with Gasteiger partial charge in [0, 0.05) is 10.0 Å². The first-order chi connectivity index (χ1) is 7.10. The maximum atomic E-state index is 11.7. The van der Waals surface area contributed by atoms with Gasteiger partial charge in [0.25, 0.3) is 0 Å². The molecule has 0 heterocycles. The second-order valence-electron chi connectivity index (χ2n) is 3.26. The third-order valence-corrected chi connectivity index (χ3v) is 3.15. The van der Waals surface area contributed by atoms with Crippen LogP contribution >= 0.6 is 15.9 Å². The predicted octanol–water partition coefficient (Wildman–Crippen LogP) is 2.17. The Morgan fingerprint density at radius 3 is 2.73 bits per heavy atom. The number of hydrogen-bond acceptors (Lipinski definition) is 3. The molecule has 0 atom stereocenters. The minimum Gasteiger partial charge on any atom is -0.497 e. The highest BCUT2D eigenvalue weighted by atomic mass is 79.9. The van der Waals surface area contributed by atoms with E-state index in [4.69, 9.17) is 4.74 Å². The van der Waals surface area contributed by atoms with Crippen LogP contribution in [-0.4, -0.2) is 26.5 Å². The number of likely N-dealkylation sites (N-methyl/N-ethyl adjacent to an activating group) is 1. The van der Waals surface area contributed by atoms with Crippen molar-refractivity contribution < 1.29 is 9.53 Å². The molecule has 82 valence electrons. The highest BCUT2D eigenvalue weighted by Gasteiger charge is 2.12. The molecule has 1 rings (SSSR count). The van der Waals surface area contributed by atoms with Crippen molar-refractivity contribution in [1.82, 2.24) is 5.32 Å². The summed E-state index contributed by atoms with van der Waals surface area (Å²) in [7, 11) is 3.34. The molecule has 0 bridgehead atoms. The van der Waals surface area contributed by atoms with Gasteiger partial charge in [-0.2, -0.15) is 0 Å². The summed E-state index contributed by atoms with van der Waals surface area (Å²) in [5.41, 5.74) is 1.65. The SMILES string of the molecule is CNCC(=O)c1cc(OC)cc(C)c1Br. The number of hydrogen-bond donors (Lipinski definition) is 1. The van der Waals surface area contributed by atoms with Gasteiger partial charge in [-0.25, -0.2) is 0 Å². The number of halogens is 1. The summed E-state index contributed by atoms with van der Waals surface area (Å²) in [5.74, 6) is 0.751. The number of ether oxygens (including phenoxy) is 1. The predicted molar refractivity (Wildman–Crippen MR) is 63.7 cm³/mol. The van der Waals surface area contributed by atoms with Crippen molar-refractivity contribution in [1.29, 1.82) is 0 Å². The van der Waals surface area contributed by atoms with Crippen LogP contribution in [-0.2, 0) is 0 Å². The Morgan fingerprint density at radius 1 is 1.53 bits per heavy atom. The number of Topliss-reactive ketones (excluding diaryl/α,β-unsaturated/α-hetero) is 1. The third-order valence-electron chi connectivity index (χ3n) is 2.10. The fraction of sp³-hybridized carbons (Fsp3) is 0.364. The van der Waals surface area contributed by atoms with E-state index in [9.17, 15) is 4.79 Å². The van der Waals surface area contributed by atoms with Crippen molar-refractivity contribution in [2.75, 3.05) is 20.7 Å². The molecule has 0 spiro atoms. The average Bonchev–Trinajstić information content (AvgIpc) is 2.22. The maximum Gasteiger partial charge on any atom is 0.177 e. The molecular weight excluding hydrogens is 258 g/mol. The molecule has 0 aliphatic rings. The maximum absolute atomic E-state index is 11.7. The van der Waals surface area contributed by atoms with Gasteiger partial charge in [0.05, 0.1) is 13.7 Å². The number of carbonyl (C=O) groups excluding carboxylic acids is 1. The fourth-order valence-corrected chi connectivity index (χ4v) is 1.76. The van der Waals surface area contributed by atoms with E-state index in [0.29, 0.717) is 17.9 Å². The Labute approximate surface area is 97.9 Å². The number of aryl methyl sites for hydroxylation is 1. The number of benzene rings is 1. The molecule has 1 aromatic rings. The lowest BCUT2D eigenvalue weighted by molar-refractivity contribution is 0.0992. The van der Waals surface area contributed by atoms with E-state index in [2.05, 4.69) is 21.2 Å². The Bertz CT molecular complexity index is 377. The van der Waals surface area contributed by atoms with Crippen molar-refractivity contribution in [3.8, 4) is 5.75 Å². The van der Waals surface area contributed by atoms with Gasteiger partial charge < -0.3 is 10.1 Å². The smallest absolute Gasteiger partial charge is 0.177 e. The lowest BCUT2D eigenvalue weighted by Gasteiger charge is -2.09. The quantitative estimate of drug-likeness (QED) is 0.854. The Kier molecular flexibility index (Phi) is 4.29. The molecule has 0 aliphatic heterocycles. The van der Waals surface area contributed by atoms with Gasteiger partial charge in [-0.15, -0.1) is 0 Å². The summed E-state index contributed by atoms with van der Waals surface area (Å²) in [6.07, 6.45) is 0. The fourth-order valence-electron chi connectivity index (χ4n) is 1.31. The Morgan fingerprint density at radius 2 is 2.20 bits per heavy atom. The van der Waals surface area contributed by atoms with Crippen LogP contribution in [0, 0.1) is 6.92 Å². The number of ketones is 1. The summed E-state index contributed by atoms with van der Waals surface area (Å²) in [6.45, 7) is 2.26. The monoisotopic (exact) mass is 271 g/mol. The summed E-state index contributed by atoms with van der Waals surface area (Å²) in [4.78, 5) is 11.7. The molecule has 1 N–H and O–H groups in total. The van der Waals surface area contributed by atoms with Gasteiger partial charge >= 0.3 is 0 Å². The van der Waals surface area contributed by atoms with E-state index < -0.39 is 0 Å². The van der Waals surface area contributed by atoms with Crippen LogP contribution in [0.1, 0.15) is 15.9 Å². The molecule has 0 saturated heterocycles. The molecular formula is C11H14BrNO2. The average molecular weight is 272 g/mol. The van der Waals surface area contributed by atoms with Crippen LogP contribution < -0.4 is 10.1 Å². The minimum atomic E-state index is 0.0476. The van der Waals surface area contributed by atoms with Crippen molar-refractivity contribution in [3.63, 3.8) is 0 Å². The minimum absolute atomic E-state index is 0.0476. The summed E-state index contributed by atoms with van der Waals surface area (Å²) in [5, 5.41) is 2.84. The van der Waals surface area contributed by atoms with Gasteiger partial charge in [-0.3, -0.25) is 4.79 Å². The molecule has 0 fully saturated rings. The lowest BCUT2D eigenvalue weighted by Crippen LogP contribution is -2.19. The zero-order chi connectivity index (χ0) is 11.4. The van der Waals surface area contributed by atoms with E-state index in [1.807, 2.05) is 13.0 Å². The van der Waals surface area contributed by atoms with E-state index in [0.717, 1.165) is 10.0 Å². The van der Waals surface area contributed by atoms with E-state index in [1.54, 1.807) is 20.2 Å². The number of methoxy groups -OCH3 is 1. The van der Waals surface area contributed by atoms with E-state index in [-0.39, 0.29) is 5.78 Å². The van der Waals surface area contributed by atoms with Crippen molar-refractivity contribution >= 4 is 21.7 Å². The van der Waals surface area contributed by atoms with Crippen LogP contribution in [0.15, 0.2) is 16.6 Å². The van der Waals surface area contributed by atoms with Gasteiger partial charge in [-0.1, -0.05) is 0 Å². The second kappa shape index (κ2) is 5.28. The van der Waals surface area contributed by atoms with Gasteiger partial charge in [-0.05, 0) is 47.6 Å². The number of rotatable bonds is 4. The number of nitrogens with one attached hydrogen (secondary N) is 1. The van der Waals surface area contributed by atoms with Crippen LogP contribution in [0.3, 0.4) is 0 Å². The highest BCUT2D eigenvalue weighted by Crippen LogP contribution is 2.27. The zero-order valence-corrected chi connectivity index (χ0v) is 10.6. The molecule has 1 aromatic carbocycles. The van der Waals surface area contributed by atoms with Crippen molar-refractivity contribution in [2.45, 2.75) is 6.92 Å². The molecule has 0 unspecified atom stereocenters. The van der Waals surface area contributed by atoms with Crippen LogP contribution in [0.25, 0.3) is 0 Å². The highest BCUT2D eigenvalue weighted by molar-refractivity contribution is 9.10. The van der Waals surface area contributed by atoms with E-state index in [1.165, 1.54) is 0 Å². The Hall–Kier alpha value is -0.870. The molecule has 15 heavy (non-hydrogen) atoms. The van der Waals surface area contributed by atoms with Crippen molar-refractivity contribution in [2.24, 2.45) is 0 Å². The molecule has 0 radical (unpaired) electrons. The first-order valence-electron chi connectivity index (χ1n) is 4.62. The zero-order valence-electron chi connectivity index (χ0n) is 9.06. The number of carbonyl (C=O) groups is 1. The molecule has 0 aromatic heterocycles. The summed E-state index contributed by atoms with van der Waals surface area (Å²) < 4.78 is 5.96. The Balaban J connectivity index is 3.15. The topological polar surface area (TPSA) is 38.3 Å².